The van der Waals surface area contributed by atoms with Crippen molar-refractivity contribution in [3.63, 3.8) is 0 Å². The van der Waals surface area contributed by atoms with E-state index in [9.17, 15) is 8.42 Å². The zero-order valence-corrected chi connectivity index (χ0v) is 12.8. The van der Waals surface area contributed by atoms with Crippen LogP contribution in [0.5, 0.6) is 0 Å². The molecule has 0 saturated heterocycles. The van der Waals surface area contributed by atoms with Crippen LogP contribution < -0.4 is 0 Å². The van der Waals surface area contributed by atoms with E-state index in [0.717, 1.165) is 8.45 Å². The molecule has 0 N–H and O–H groups in total. The van der Waals surface area contributed by atoms with E-state index in [-0.39, 0.29) is 4.90 Å². The van der Waals surface area contributed by atoms with Gasteiger partial charge >= 0.3 is 0 Å². The SMILES string of the molecule is Cc1cn(S(=O)(=O)c2ccc(Br)cc2Br)cn1. The summed E-state index contributed by atoms with van der Waals surface area (Å²) < 4.78 is 26.9. The summed E-state index contributed by atoms with van der Waals surface area (Å²) in [5.41, 5.74) is 0.654. The lowest BCUT2D eigenvalue weighted by molar-refractivity contribution is 0.586. The van der Waals surface area contributed by atoms with Gasteiger partial charge in [-0.3, -0.25) is 0 Å². The smallest absolute Gasteiger partial charge is 0.241 e. The Bertz CT molecular complexity index is 665. The lowest BCUT2D eigenvalue weighted by Crippen LogP contribution is -2.11. The highest BCUT2D eigenvalue weighted by Gasteiger charge is 2.19. The fourth-order valence-corrected chi connectivity index (χ4v) is 4.22. The van der Waals surface area contributed by atoms with Crippen molar-refractivity contribution in [2.45, 2.75) is 11.8 Å². The van der Waals surface area contributed by atoms with Gasteiger partial charge in [-0.1, -0.05) is 15.9 Å². The van der Waals surface area contributed by atoms with Crippen LogP contribution in [0.3, 0.4) is 0 Å². The lowest BCUT2D eigenvalue weighted by Gasteiger charge is -2.07. The number of aryl methyl sites for hydroxylation is 1. The van der Waals surface area contributed by atoms with Gasteiger partial charge in [-0.25, -0.2) is 17.4 Å². The third-order valence-corrected chi connectivity index (χ3v) is 5.22. The number of rotatable bonds is 2. The molecule has 1 aromatic heterocycles. The fourth-order valence-electron chi connectivity index (χ4n) is 1.33. The molecule has 4 nitrogen and oxygen atoms in total. The van der Waals surface area contributed by atoms with Gasteiger partial charge in [0.15, 0.2) is 0 Å². The average molecular weight is 380 g/mol. The van der Waals surface area contributed by atoms with E-state index in [2.05, 4.69) is 36.8 Å². The van der Waals surface area contributed by atoms with Crippen molar-refractivity contribution in [3.8, 4) is 0 Å². The largest absolute Gasteiger partial charge is 0.270 e. The van der Waals surface area contributed by atoms with E-state index >= 15 is 0 Å². The Balaban J connectivity index is 2.60. The normalized spacial score (nSPS) is 11.7. The van der Waals surface area contributed by atoms with Gasteiger partial charge < -0.3 is 0 Å². The van der Waals surface area contributed by atoms with Gasteiger partial charge in [-0.2, -0.15) is 0 Å². The third-order valence-electron chi connectivity index (χ3n) is 2.14. The second kappa shape index (κ2) is 4.55. The van der Waals surface area contributed by atoms with Gasteiger partial charge in [0, 0.05) is 15.1 Å². The second-order valence-electron chi connectivity index (χ2n) is 3.42. The van der Waals surface area contributed by atoms with Crippen molar-refractivity contribution < 1.29 is 8.42 Å². The molecule has 0 atom stereocenters. The van der Waals surface area contributed by atoms with Gasteiger partial charge in [0.1, 0.15) is 11.2 Å². The molecule has 17 heavy (non-hydrogen) atoms. The quantitative estimate of drug-likeness (QED) is 0.805. The molecule has 0 aliphatic rings. The van der Waals surface area contributed by atoms with Crippen molar-refractivity contribution in [2.75, 3.05) is 0 Å². The zero-order valence-electron chi connectivity index (χ0n) is 8.76. The average Bonchev–Trinajstić information content (AvgIpc) is 2.64. The minimum atomic E-state index is -3.58. The van der Waals surface area contributed by atoms with Gasteiger partial charge in [0.2, 0.25) is 0 Å². The Morgan fingerprint density at radius 1 is 1.29 bits per heavy atom. The summed E-state index contributed by atoms with van der Waals surface area (Å²) in [7, 11) is -3.58. The van der Waals surface area contributed by atoms with Gasteiger partial charge in [-0.05, 0) is 41.1 Å². The molecule has 90 valence electrons. The number of hydrogen-bond acceptors (Lipinski definition) is 3. The van der Waals surface area contributed by atoms with Crippen molar-refractivity contribution in [2.24, 2.45) is 0 Å². The predicted octanol–water partition coefficient (Wildman–Crippen LogP) is 2.95. The van der Waals surface area contributed by atoms with Crippen molar-refractivity contribution in [3.05, 3.63) is 45.4 Å². The van der Waals surface area contributed by atoms with E-state index in [1.54, 1.807) is 25.1 Å². The number of benzene rings is 1. The molecule has 0 fully saturated rings. The van der Waals surface area contributed by atoms with Crippen molar-refractivity contribution in [1.82, 2.24) is 8.96 Å². The van der Waals surface area contributed by atoms with Gasteiger partial charge in [0.05, 0.1) is 5.69 Å². The standard InChI is InChI=1S/C10H8Br2N2O2S/c1-7-5-14(6-13-7)17(15,16)10-3-2-8(11)4-9(10)12/h2-6H,1H3. The number of imidazole rings is 1. The molecule has 0 saturated carbocycles. The zero-order chi connectivity index (χ0) is 12.6. The molecule has 0 bridgehead atoms. The Morgan fingerprint density at radius 3 is 2.53 bits per heavy atom. The molecular formula is C10H8Br2N2O2S. The maximum absolute atomic E-state index is 12.3. The lowest BCUT2D eigenvalue weighted by atomic mass is 10.4. The summed E-state index contributed by atoms with van der Waals surface area (Å²) in [6.07, 6.45) is 2.77. The number of halogens is 2. The van der Waals surface area contributed by atoms with Crippen LogP contribution in [0.4, 0.5) is 0 Å². The van der Waals surface area contributed by atoms with Crippen molar-refractivity contribution in [1.29, 1.82) is 0 Å². The van der Waals surface area contributed by atoms with Crippen LogP contribution in [-0.2, 0) is 10.0 Å². The summed E-state index contributed by atoms with van der Waals surface area (Å²) in [4.78, 5) is 4.12. The minimum Gasteiger partial charge on any atom is -0.241 e. The molecule has 0 unspecified atom stereocenters. The maximum Gasteiger partial charge on any atom is 0.270 e. The number of hydrogen-bond donors (Lipinski definition) is 0. The Morgan fingerprint density at radius 2 is 2.00 bits per heavy atom. The first-order chi connectivity index (χ1) is 7.91. The Labute approximate surface area is 116 Å². The molecule has 1 aromatic carbocycles. The molecular weight excluding hydrogens is 372 g/mol. The molecule has 0 aliphatic carbocycles. The monoisotopic (exact) mass is 378 g/mol. The molecule has 2 rings (SSSR count). The highest BCUT2D eigenvalue weighted by molar-refractivity contribution is 9.11. The molecule has 0 amide bonds. The molecule has 7 heteroatoms. The summed E-state index contributed by atoms with van der Waals surface area (Å²) in [6, 6.07) is 4.91. The molecule has 0 aliphatic heterocycles. The van der Waals surface area contributed by atoms with Gasteiger partial charge in [-0.15, -0.1) is 0 Å². The van der Waals surface area contributed by atoms with Crippen molar-refractivity contribution >= 4 is 41.9 Å². The highest BCUT2D eigenvalue weighted by Crippen LogP contribution is 2.27. The topological polar surface area (TPSA) is 52.0 Å². The van der Waals surface area contributed by atoms with Gasteiger partial charge in [0.25, 0.3) is 10.0 Å². The Hall–Kier alpha value is -0.660. The minimum absolute atomic E-state index is 0.207. The highest BCUT2D eigenvalue weighted by atomic mass is 79.9. The van der Waals surface area contributed by atoms with Crippen LogP contribution in [0.25, 0.3) is 0 Å². The molecule has 1 heterocycles. The van der Waals surface area contributed by atoms with Crippen LogP contribution >= 0.6 is 31.9 Å². The van der Waals surface area contributed by atoms with E-state index in [1.807, 2.05) is 0 Å². The van der Waals surface area contributed by atoms with Crippen LogP contribution in [0, 0.1) is 6.92 Å². The van der Waals surface area contributed by atoms with Crippen LogP contribution in [0.1, 0.15) is 5.69 Å². The van der Waals surface area contributed by atoms with Crippen LogP contribution in [0.15, 0.2) is 44.6 Å². The number of aromatic nitrogens is 2. The molecule has 0 spiro atoms. The first-order valence-corrected chi connectivity index (χ1v) is 7.65. The van der Waals surface area contributed by atoms with E-state index in [0.29, 0.717) is 10.2 Å². The summed E-state index contributed by atoms with van der Waals surface area (Å²) in [6.45, 7) is 1.74. The predicted molar refractivity (Wildman–Crippen MR) is 71.4 cm³/mol. The van der Waals surface area contributed by atoms with Crippen LogP contribution in [0.2, 0.25) is 0 Å². The third kappa shape index (κ3) is 2.46. The maximum atomic E-state index is 12.3. The Kier molecular flexibility index (Phi) is 3.42. The van der Waals surface area contributed by atoms with E-state index in [1.165, 1.54) is 12.5 Å². The first kappa shape index (κ1) is 12.8. The number of nitrogens with zero attached hydrogens (tertiary/aromatic N) is 2. The summed E-state index contributed by atoms with van der Waals surface area (Å²) in [5, 5.41) is 0. The van der Waals surface area contributed by atoms with E-state index in [4.69, 9.17) is 0 Å². The second-order valence-corrected chi connectivity index (χ2v) is 7.01. The van der Waals surface area contributed by atoms with E-state index < -0.39 is 10.0 Å². The molecule has 0 radical (unpaired) electrons. The first-order valence-electron chi connectivity index (χ1n) is 4.62. The fraction of sp³-hybridized carbons (Fsp3) is 0.100. The summed E-state index contributed by atoms with van der Waals surface area (Å²) in [5.74, 6) is 0. The molecule has 2 aromatic rings. The van der Waals surface area contributed by atoms with Crippen LogP contribution in [-0.4, -0.2) is 17.4 Å². The summed E-state index contributed by atoms with van der Waals surface area (Å²) >= 11 is 6.52.